The van der Waals surface area contributed by atoms with E-state index in [1.165, 1.54) is 27.8 Å². The Bertz CT molecular complexity index is 3410. The molecular formula is C68H54CuN2O. The fourth-order valence-corrected chi connectivity index (χ4v) is 10.1. The molecule has 0 amide bonds. The van der Waals surface area contributed by atoms with Gasteiger partial charge in [0.05, 0.1) is 11.4 Å². The molecule has 0 saturated carbocycles. The van der Waals surface area contributed by atoms with Crippen LogP contribution in [-0.4, -0.2) is 12.3 Å². The Hall–Kier alpha value is -8.11. The van der Waals surface area contributed by atoms with Crippen LogP contribution in [0.15, 0.2) is 253 Å². The molecule has 0 aliphatic carbocycles. The maximum atomic E-state index is 8.93. The van der Waals surface area contributed by atoms with Gasteiger partial charge in [0, 0.05) is 5.56 Å². The molecule has 9 aromatic carbocycles. The van der Waals surface area contributed by atoms with E-state index >= 15 is 0 Å². The van der Waals surface area contributed by atoms with E-state index in [1.807, 2.05) is 0 Å². The molecule has 0 spiro atoms. The minimum absolute atomic E-state index is 0. The van der Waals surface area contributed by atoms with Crippen molar-refractivity contribution in [3.8, 4) is 78.0 Å². The van der Waals surface area contributed by atoms with Crippen molar-refractivity contribution in [1.29, 1.82) is 0 Å². The quantitative estimate of drug-likeness (QED) is 0.128. The summed E-state index contributed by atoms with van der Waals surface area (Å²) in [4.78, 5) is 11.4. The second kappa shape index (κ2) is 22.3. The van der Waals surface area contributed by atoms with Gasteiger partial charge in [0.2, 0.25) is 0 Å². The summed E-state index contributed by atoms with van der Waals surface area (Å²) < 4.78 is 0. The van der Waals surface area contributed by atoms with E-state index < -0.39 is 0 Å². The second-order valence-corrected chi connectivity index (χ2v) is 18.0. The molecule has 1 radical (unpaired) electrons. The van der Waals surface area contributed by atoms with Gasteiger partial charge < -0.3 is 10.1 Å². The third-order valence-corrected chi connectivity index (χ3v) is 13.1. The zero-order chi connectivity index (χ0) is 48.7. The third kappa shape index (κ3) is 10.2. The zero-order valence-electron chi connectivity index (χ0n) is 40.9. The second-order valence-electron chi connectivity index (χ2n) is 18.0. The summed E-state index contributed by atoms with van der Waals surface area (Å²) in [5.41, 5.74) is 25.3. The zero-order valence-corrected chi connectivity index (χ0v) is 41.8. The predicted octanol–water partition coefficient (Wildman–Crippen LogP) is 16.4. The van der Waals surface area contributed by atoms with Crippen LogP contribution in [0, 0.1) is 20.8 Å². The average Bonchev–Trinajstić information content (AvgIpc) is 4.12. The van der Waals surface area contributed by atoms with Crippen LogP contribution in [0.2, 0.25) is 0 Å². The van der Waals surface area contributed by atoms with Crippen LogP contribution in [0.5, 0.6) is 0 Å². The van der Waals surface area contributed by atoms with Gasteiger partial charge in [-0.15, -0.1) is 18.0 Å². The Morgan fingerprint density at radius 1 is 0.417 bits per heavy atom. The Balaban J connectivity index is 0.00000156. The molecule has 353 valence electrons. The summed E-state index contributed by atoms with van der Waals surface area (Å²) in [6.07, 6.45) is 4.41. The van der Waals surface area contributed by atoms with Gasteiger partial charge in [0.1, 0.15) is 0 Å². The maximum absolute atomic E-state index is 8.93. The molecule has 0 atom stereocenters. The molecule has 1 aliphatic rings. The van der Waals surface area contributed by atoms with Crippen LogP contribution in [0.25, 0.3) is 83.6 Å². The van der Waals surface area contributed by atoms with Crippen molar-refractivity contribution in [3.05, 3.63) is 282 Å². The Labute approximate surface area is 435 Å². The molecular weight excluding hydrogens is 924 g/mol. The molecule has 2 heterocycles. The molecule has 0 unspecified atom stereocenters. The summed E-state index contributed by atoms with van der Waals surface area (Å²) in [5, 5.41) is 8.93. The summed E-state index contributed by atoms with van der Waals surface area (Å²) >= 11 is 0. The van der Waals surface area contributed by atoms with Crippen molar-refractivity contribution in [2.45, 2.75) is 27.7 Å². The number of nitrogens with zero attached hydrogens (tertiary/aromatic N) is 2. The number of aromatic nitrogens is 1. The van der Waals surface area contributed by atoms with E-state index in [0.717, 1.165) is 101 Å². The standard InChI is InChI=1S/C66H49N2.C2H5O.Cu/c1-44-38-45(2)63(46(3)39-44)66(61-36-34-59(67-61)64-55(49-26-14-6-15-27-49)40-53(47-22-10-4-11-23-47)41-56(64)50-28-16-7-17-29-50)62-37-35-60(68-62)65-57(51-30-18-8-19-31-51)42-54(48-24-12-5-13-25-48)43-58(65)52-32-20-9-21-33-52;1-2-3;/h4-43H,1-3H3;2H2,1H3;/q2*-1;+2/b66-61+;;. The van der Waals surface area contributed by atoms with Gasteiger partial charge in [-0.2, -0.15) is 0 Å². The maximum Gasteiger partial charge on any atom is 2.00 e. The molecule has 0 bridgehead atoms. The van der Waals surface area contributed by atoms with Gasteiger partial charge in [-0.25, -0.2) is 4.99 Å². The average molecular weight is 979 g/mol. The molecule has 11 rings (SSSR count). The van der Waals surface area contributed by atoms with Gasteiger partial charge in [-0.1, -0.05) is 219 Å². The normalized spacial score (nSPS) is 12.4. The van der Waals surface area contributed by atoms with Crippen LogP contribution < -0.4 is 10.1 Å². The monoisotopic (exact) mass is 977 g/mol. The number of hydrogen-bond donors (Lipinski definition) is 0. The SMILES string of the molecule is CC[O-].Cc1cc(C)c(/C(=C2\C=CC(c3c(-c4ccccc4)cc(-c4ccccc4)cc3-c3ccccc3)=N2)c2ccc(-c3c(-c4ccccc4)cc(-c4ccccc4)cc3-c3ccccc3)[n-]2)c(C)c1.[Cu+2]. The molecule has 1 aromatic heterocycles. The summed E-state index contributed by atoms with van der Waals surface area (Å²) in [7, 11) is 0. The van der Waals surface area contributed by atoms with E-state index in [4.69, 9.17) is 15.1 Å². The number of hydrogen-bond acceptors (Lipinski definition) is 2. The fraction of sp³-hybridized carbons (Fsp3) is 0.0735. The fourth-order valence-electron chi connectivity index (χ4n) is 10.1. The number of aryl methyl sites for hydroxylation is 3. The van der Waals surface area contributed by atoms with Crippen molar-refractivity contribution in [2.75, 3.05) is 6.61 Å². The first kappa shape index (κ1) is 48.9. The molecule has 72 heavy (non-hydrogen) atoms. The van der Waals surface area contributed by atoms with E-state index in [9.17, 15) is 0 Å². The molecule has 0 N–H and O–H groups in total. The summed E-state index contributed by atoms with van der Waals surface area (Å²) in [5.74, 6) is 0. The third-order valence-electron chi connectivity index (χ3n) is 13.1. The number of rotatable bonds is 10. The van der Waals surface area contributed by atoms with Crippen molar-refractivity contribution in [2.24, 2.45) is 4.99 Å². The van der Waals surface area contributed by atoms with Gasteiger partial charge in [-0.3, -0.25) is 0 Å². The van der Waals surface area contributed by atoms with Gasteiger partial charge in [0.25, 0.3) is 0 Å². The predicted molar refractivity (Wildman–Crippen MR) is 297 cm³/mol. The minimum Gasteiger partial charge on any atom is -0.855 e. The van der Waals surface area contributed by atoms with Crippen LogP contribution in [-0.2, 0) is 17.1 Å². The topological polar surface area (TPSA) is 49.5 Å². The van der Waals surface area contributed by atoms with Crippen molar-refractivity contribution in [3.63, 3.8) is 0 Å². The first-order valence-electron chi connectivity index (χ1n) is 24.4. The number of allylic oxidation sites excluding steroid dienone is 2. The molecule has 3 nitrogen and oxygen atoms in total. The van der Waals surface area contributed by atoms with Crippen molar-refractivity contribution >= 4 is 11.3 Å². The Morgan fingerprint density at radius 2 is 0.764 bits per heavy atom. The number of aliphatic imine (C=N–C) groups is 1. The van der Waals surface area contributed by atoms with Gasteiger partial charge in [-0.05, 0) is 152 Å². The van der Waals surface area contributed by atoms with E-state index in [0.29, 0.717) is 0 Å². The van der Waals surface area contributed by atoms with Crippen LogP contribution in [0.3, 0.4) is 0 Å². The first-order chi connectivity index (χ1) is 34.9. The molecule has 1 aliphatic heterocycles. The van der Waals surface area contributed by atoms with E-state index in [-0.39, 0.29) is 23.7 Å². The summed E-state index contributed by atoms with van der Waals surface area (Å²) in [6, 6.07) is 82.6. The van der Waals surface area contributed by atoms with Crippen molar-refractivity contribution in [1.82, 2.24) is 4.98 Å². The van der Waals surface area contributed by atoms with Gasteiger partial charge >= 0.3 is 17.1 Å². The van der Waals surface area contributed by atoms with E-state index in [1.54, 1.807) is 6.92 Å². The smallest absolute Gasteiger partial charge is 0.855 e. The Kier molecular flexibility index (Phi) is 15.2. The van der Waals surface area contributed by atoms with Crippen LogP contribution >= 0.6 is 0 Å². The Morgan fingerprint density at radius 3 is 1.14 bits per heavy atom. The molecule has 0 saturated heterocycles. The van der Waals surface area contributed by atoms with E-state index in [2.05, 4.69) is 263 Å². The minimum atomic E-state index is 0. The van der Waals surface area contributed by atoms with Crippen LogP contribution in [0.1, 0.15) is 40.4 Å². The molecule has 10 aromatic rings. The summed E-state index contributed by atoms with van der Waals surface area (Å²) in [6.45, 7) is 8.18. The number of benzene rings is 9. The molecule has 0 fully saturated rings. The largest absolute Gasteiger partial charge is 2.00 e. The van der Waals surface area contributed by atoms with Crippen LogP contribution in [0.4, 0.5) is 0 Å². The first-order valence-corrected chi connectivity index (χ1v) is 24.4. The van der Waals surface area contributed by atoms with Crippen molar-refractivity contribution < 1.29 is 22.2 Å². The molecule has 4 heteroatoms. The van der Waals surface area contributed by atoms with Gasteiger partial charge in [0.15, 0.2) is 0 Å².